The van der Waals surface area contributed by atoms with Gasteiger partial charge in [0.25, 0.3) is 11.8 Å². The molecule has 0 aliphatic rings. The summed E-state index contributed by atoms with van der Waals surface area (Å²) in [6.07, 6.45) is 0.986. The number of carboxylic acid groups (broad SMARTS) is 1. The minimum atomic E-state index is -0.918. The van der Waals surface area contributed by atoms with E-state index in [-0.39, 0.29) is 38.1 Å². The molecule has 1 aromatic carbocycles. The van der Waals surface area contributed by atoms with Crippen LogP contribution in [0.3, 0.4) is 0 Å². The van der Waals surface area contributed by atoms with Crippen molar-refractivity contribution in [1.82, 2.24) is 10.6 Å². The van der Waals surface area contributed by atoms with Gasteiger partial charge in [0.1, 0.15) is 0 Å². The first-order valence-corrected chi connectivity index (χ1v) is 9.51. The van der Waals surface area contributed by atoms with Gasteiger partial charge < -0.3 is 30.0 Å². The average molecular weight is 424 g/mol. The zero-order valence-electron chi connectivity index (χ0n) is 17.1. The predicted octanol–water partition coefficient (Wildman–Crippen LogP) is 0.741. The number of aliphatic carboxylic acids is 1. The highest BCUT2D eigenvalue weighted by atomic mass is 16.5. The molecule has 166 valence electrons. The molecule has 0 aliphatic carbocycles. The number of rotatable bonds is 14. The minimum absolute atomic E-state index is 0.214. The van der Waals surface area contributed by atoms with E-state index in [0.717, 1.165) is 0 Å². The molecule has 30 heavy (non-hydrogen) atoms. The number of esters is 1. The number of ether oxygens (including phenoxy) is 3. The number of nitrogens with one attached hydrogen (secondary N) is 2. The van der Waals surface area contributed by atoms with Gasteiger partial charge in [0.2, 0.25) is 0 Å². The molecule has 3 N–H and O–H groups in total. The summed E-state index contributed by atoms with van der Waals surface area (Å²) in [4.78, 5) is 45.4. The van der Waals surface area contributed by atoms with Crippen LogP contribution in [0.15, 0.2) is 24.3 Å². The molecule has 0 spiro atoms. The quantitative estimate of drug-likeness (QED) is 0.293. The number of para-hydroxylation sites is 2. The minimum Gasteiger partial charge on any atom is -0.481 e. The second-order valence-electron chi connectivity index (χ2n) is 6.43. The lowest BCUT2D eigenvalue weighted by Gasteiger charge is -2.13. The maximum absolute atomic E-state index is 11.8. The first kappa shape index (κ1) is 24.7. The van der Waals surface area contributed by atoms with Crippen molar-refractivity contribution in [2.45, 2.75) is 26.2 Å². The maximum atomic E-state index is 11.8. The Bertz CT molecular complexity index is 723. The molecule has 10 nitrogen and oxygen atoms in total. The maximum Gasteiger partial charge on any atom is 0.306 e. The molecule has 1 unspecified atom stereocenters. The Morgan fingerprint density at radius 3 is 2.00 bits per heavy atom. The third-order valence-corrected chi connectivity index (χ3v) is 4.00. The molecule has 1 rings (SSSR count). The summed E-state index contributed by atoms with van der Waals surface area (Å²) in [5, 5.41) is 14.0. The first-order chi connectivity index (χ1) is 14.3. The zero-order valence-corrected chi connectivity index (χ0v) is 17.1. The van der Waals surface area contributed by atoms with E-state index in [1.807, 2.05) is 0 Å². The Morgan fingerprint density at radius 1 is 0.967 bits per heavy atom. The van der Waals surface area contributed by atoms with Crippen LogP contribution < -0.4 is 20.1 Å². The van der Waals surface area contributed by atoms with Gasteiger partial charge in [-0.05, 0) is 25.0 Å². The molecule has 2 amide bonds. The fourth-order valence-electron chi connectivity index (χ4n) is 2.19. The number of hydrogen-bond acceptors (Lipinski definition) is 7. The van der Waals surface area contributed by atoms with Crippen molar-refractivity contribution < 1.29 is 38.5 Å². The van der Waals surface area contributed by atoms with Gasteiger partial charge in [0.05, 0.1) is 13.0 Å². The molecule has 10 heteroatoms. The summed E-state index contributed by atoms with van der Waals surface area (Å²) in [5.41, 5.74) is 0. The highest BCUT2D eigenvalue weighted by Crippen LogP contribution is 2.26. The highest BCUT2D eigenvalue weighted by molar-refractivity contribution is 5.78. The third-order valence-electron chi connectivity index (χ3n) is 4.00. The van der Waals surface area contributed by atoms with E-state index in [0.29, 0.717) is 30.9 Å². The molecule has 1 atom stereocenters. The van der Waals surface area contributed by atoms with Crippen molar-refractivity contribution in [3.63, 3.8) is 0 Å². The lowest BCUT2D eigenvalue weighted by molar-refractivity contribution is -0.142. The molecule has 0 saturated carbocycles. The van der Waals surface area contributed by atoms with E-state index in [1.54, 1.807) is 31.2 Å². The van der Waals surface area contributed by atoms with Crippen molar-refractivity contribution in [2.75, 3.05) is 33.4 Å². The molecule has 0 heterocycles. The van der Waals surface area contributed by atoms with Gasteiger partial charge in [-0.1, -0.05) is 19.1 Å². The van der Waals surface area contributed by atoms with Crippen LogP contribution in [0.2, 0.25) is 0 Å². The number of hydrogen-bond donors (Lipinski definition) is 3. The van der Waals surface area contributed by atoms with Crippen LogP contribution >= 0.6 is 0 Å². The third kappa shape index (κ3) is 10.3. The summed E-state index contributed by atoms with van der Waals surface area (Å²) < 4.78 is 15.4. The molecule has 0 fully saturated rings. The van der Waals surface area contributed by atoms with E-state index in [4.69, 9.17) is 14.6 Å². The van der Waals surface area contributed by atoms with Gasteiger partial charge in [0, 0.05) is 19.5 Å². The Labute approximate surface area is 174 Å². The summed E-state index contributed by atoms with van der Waals surface area (Å²) in [6, 6.07) is 6.60. The summed E-state index contributed by atoms with van der Waals surface area (Å²) in [7, 11) is 1.30. The van der Waals surface area contributed by atoms with Crippen molar-refractivity contribution in [3.8, 4) is 11.5 Å². The van der Waals surface area contributed by atoms with Crippen LogP contribution in [0.5, 0.6) is 11.5 Å². The molecular weight excluding hydrogens is 396 g/mol. The molecule has 0 radical (unpaired) electrons. The monoisotopic (exact) mass is 424 g/mol. The van der Waals surface area contributed by atoms with Gasteiger partial charge in [-0.3, -0.25) is 19.2 Å². The second-order valence-corrected chi connectivity index (χ2v) is 6.43. The van der Waals surface area contributed by atoms with E-state index in [9.17, 15) is 19.2 Å². The summed E-state index contributed by atoms with van der Waals surface area (Å²) in [5.74, 6) is -1.97. The van der Waals surface area contributed by atoms with Gasteiger partial charge >= 0.3 is 11.9 Å². The van der Waals surface area contributed by atoms with Crippen LogP contribution in [-0.4, -0.2) is 62.3 Å². The van der Waals surface area contributed by atoms with Gasteiger partial charge in [0.15, 0.2) is 24.7 Å². The molecular formula is C20H28N2O8. The highest BCUT2D eigenvalue weighted by Gasteiger charge is 2.12. The van der Waals surface area contributed by atoms with Crippen molar-refractivity contribution in [2.24, 2.45) is 5.92 Å². The first-order valence-electron chi connectivity index (χ1n) is 9.51. The smallest absolute Gasteiger partial charge is 0.306 e. The van der Waals surface area contributed by atoms with Crippen LogP contribution in [-0.2, 0) is 23.9 Å². The molecule has 0 aliphatic heterocycles. The van der Waals surface area contributed by atoms with Crippen molar-refractivity contribution in [1.29, 1.82) is 0 Å². The van der Waals surface area contributed by atoms with Crippen molar-refractivity contribution in [3.05, 3.63) is 24.3 Å². The number of benzene rings is 1. The largest absolute Gasteiger partial charge is 0.481 e. The Kier molecular flexibility index (Phi) is 11.4. The Hall–Kier alpha value is -3.30. The lowest BCUT2D eigenvalue weighted by atomic mass is 10.1. The van der Waals surface area contributed by atoms with E-state index in [2.05, 4.69) is 15.4 Å². The zero-order chi connectivity index (χ0) is 22.4. The molecule has 0 bridgehead atoms. The van der Waals surface area contributed by atoms with E-state index in [1.165, 1.54) is 7.11 Å². The number of carboxylic acids is 1. The topological polar surface area (TPSA) is 140 Å². The van der Waals surface area contributed by atoms with Crippen LogP contribution in [0.25, 0.3) is 0 Å². The van der Waals surface area contributed by atoms with Crippen LogP contribution in [0.4, 0.5) is 0 Å². The van der Waals surface area contributed by atoms with Gasteiger partial charge in [-0.15, -0.1) is 0 Å². The number of carbonyl (C=O) groups is 4. The molecule has 0 saturated heterocycles. The number of methoxy groups -OCH3 is 1. The van der Waals surface area contributed by atoms with Gasteiger partial charge in [-0.25, -0.2) is 0 Å². The van der Waals surface area contributed by atoms with Crippen LogP contribution in [0.1, 0.15) is 26.2 Å². The summed E-state index contributed by atoms with van der Waals surface area (Å²) >= 11 is 0. The normalized spacial score (nSPS) is 11.1. The molecule has 0 aromatic heterocycles. The SMILES string of the molecule is COC(=O)CCCNC(=O)COc1ccccc1OCC(=O)NCCC(C)C(=O)O. The van der Waals surface area contributed by atoms with E-state index < -0.39 is 17.8 Å². The summed E-state index contributed by atoms with van der Waals surface area (Å²) in [6.45, 7) is 1.58. The predicted molar refractivity (Wildman–Crippen MR) is 106 cm³/mol. The standard InChI is InChI=1S/C20H28N2O8/c1-14(20(26)27)9-11-22-18(24)13-30-16-7-4-3-6-15(16)29-12-17(23)21-10-5-8-19(25)28-2/h3-4,6-7,14H,5,8-13H2,1-2H3,(H,21,23)(H,22,24)(H,26,27). The fraction of sp³-hybridized carbons (Fsp3) is 0.500. The average Bonchev–Trinajstić information content (AvgIpc) is 2.73. The molecule has 1 aromatic rings. The second kappa shape index (κ2) is 13.8. The van der Waals surface area contributed by atoms with E-state index >= 15 is 0 Å². The van der Waals surface area contributed by atoms with Crippen molar-refractivity contribution >= 4 is 23.8 Å². The van der Waals surface area contributed by atoms with Gasteiger partial charge in [-0.2, -0.15) is 0 Å². The Balaban J connectivity index is 2.36. The Morgan fingerprint density at radius 2 is 1.50 bits per heavy atom. The lowest BCUT2D eigenvalue weighted by Crippen LogP contribution is -2.31. The fourth-order valence-corrected chi connectivity index (χ4v) is 2.19. The van der Waals surface area contributed by atoms with Crippen LogP contribution in [0, 0.1) is 5.92 Å². The number of amides is 2. The number of carbonyl (C=O) groups excluding carboxylic acids is 3.